The van der Waals surface area contributed by atoms with E-state index >= 15 is 0 Å². The van der Waals surface area contributed by atoms with Gasteiger partial charge in [0.25, 0.3) is 5.91 Å². The highest BCUT2D eigenvalue weighted by Crippen LogP contribution is 2.17. The topological polar surface area (TPSA) is 88.9 Å². The molecule has 0 fully saturated rings. The Morgan fingerprint density at radius 2 is 1.96 bits per heavy atom. The van der Waals surface area contributed by atoms with Crippen molar-refractivity contribution in [2.24, 2.45) is 0 Å². The first-order valence-corrected chi connectivity index (χ1v) is 8.16. The number of aromatic nitrogens is 3. The van der Waals surface area contributed by atoms with Gasteiger partial charge in [-0.1, -0.05) is 12.1 Å². The summed E-state index contributed by atoms with van der Waals surface area (Å²) in [6, 6.07) is 10.6. The average molecular weight is 341 g/mol. The van der Waals surface area contributed by atoms with Crippen LogP contribution in [0, 0.1) is 0 Å². The standard InChI is InChI=1S/C16H15N5O2S/c22-15(6-7-21-11-17-10-18-21)19-12-3-1-4-13(9-12)20-16(23)14-5-2-8-24-14/h1-5,8-11H,6-7H2,(H,19,22)(H,20,23). The highest BCUT2D eigenvalue weighted by molar-refractivity contribution is 7.12. The number of amides is 2. The summed E-state index contributed by atoms with van der Waals surface area (Å²) < 4.78 is 1.59. The molecule has 24 heavy (non-hydrogen) atoms. The van der Waals surface area contributed by atoms with Gasteiger partial charge in [-0.15, -0.1) is 11.3 Å². The number of carbonyl (C=O) groups is 2. The maximum absolute atomic E-state index is 12.0. The van der Waals surface area contributed by atoms with E-state index in [9.17, 15) is 9.59 Å². The van der Waals surface area contributed by atoms with Gasteiger partial charge in [-0.05, 0) is 29.6 Å². The van der Waals surface area contributed by atoms with Gasteiger partial charge in [0, 0.05) is 17.8 Å². The predicted octanol–water partition coefficient (Wildman–Crippen LogP) is 2.62. The first-order valence-electron chi connectivity index (χ1n) is 7.28. The number of anilines is 2. The lowest BCUT2D eigenvalue weighted by Gasteiger charge is -2.08. The van der Waals surface area contributed by atoms with Crippen LogP contribution in [0.15, 0.2) is 54.4 Å². The molecule has 0 aliphatic heterocycles. The molecule has 7 nitrogen and oxygen atoms in total. The number of rotatable bonds is 6. The second kappa shape index (κ2) is 7.51. The molecule has 0 aliphatic carbocycles. The maximum atomic E-state index is 12.0. The van der Waals surface area contributed by atoms with Crippen molar-refractivity contribution >= 4 is 34.5 Å². The Morgan fingerprint density at radius 3 is 2.67 bits per heavy atom. The molecule has 2 amide bonds. The van der Waals surface area contributed by atoms with Crippen LogP contribution in [0.1, 0.15) is 16.1 Å². The molecular formula is C16H15N5O2S. The van der Waals surface area contributed by atoms with Crippen molar-refractivity contribution < 1.29 is 9.59 Å². The van der Waals surface area contributed by atoms with Crippen molar-refractivity contribution in [2.75, 3.05) is 10.6 Å². The van der Waals surface area contributed by atoms with Crippen LogP contribution < -0.4 is 10.6 Å². The van der Waals surface area contributed by atoms with Gasteiger partial charge in [-0.3, -0.25) is 14.3 Å². The Hall–Kier alpha value is -3.00. The summed E-state index contributed by atoms with van der Waals surface area (Å²) in [5.74, 6) is -0.299. The van der Waals surface area contributed by atoms with Gasteiger partial charge in [-0.25, -0.2) is 4.98 Å². The molecular weight excluding hydrogens is 326 g/mol. The normalized spacial score (nSPS) is 10.3. The number of thiophene rings is 1. The molecule has 0 bridgehead atoms. The monoisotopic (exact) mass is 341 g/mol. The summed E-state index contributed by atoms with van der Waals surface area (Å²) >= 11 is 1.38. The molecule has 0 spiro atoms. The zero-order chi connectivity index (χ0) is 16.8. The van der Waals surface area contributed by atoms with Crippen LogP contribution in [0.2, 0.25) is 0 Å². The van der Waals surface area contributed by atoms with Crippen molar-refractivity contribution in [3.63, 3.8) is 0 Å². The molecule has 8 heteroatoms. The fraction of sp³-hybridized carbons (Fsp3) is 0.125. The van der Waals surface area contributed by atoms with E-state index in [1.807, 2.05) is 11.4 Å². The number of hydrogen-bond donors (Lipinski definition) is 2. The Morgan fingerprint density at radius 1 is 1.12 bits per heavy atom. The molecule has 2 heterocycles. The van der Waals surface area contributed by atoms with Crippen LogP contribution in [0.25, 0.3) is 0 Å². The minimum absolute atomic E-state index is 0.132. The number of carbonyl (C=O) groups excluding carboxylic acids is 2. The Bertz CT molecular complexity index is 815. The number of aryl methyl sites for hydroxylation is 1. The van der Waals surface area contributed by atoms with Crippen LogP contribution in [-0.2, 0) is 11.3 Å². The third kappa shape index (κ3) is 4.26. The average Bonchev–Trinajstić information content (AvgIpc) is 3.27. The number of nitrogens with zero attached hydrogens (tertiary/aromatic N) is 3. The highest BCUT2D eigenvalue weighted by Gasteiger charge is 2.08. The Balaban J connectivity index is 1.56. The largest absolute Gasteiger partial charge is 0.326 e. The van der Waals surface area contributed by atoms with Crippen molar-refractivity contribution in [3.8, 4) is 0 Å². The Kier molecular flexibility index (Phi) is 4.97. The van der Waals surface area contributed by atoms with Crippen LogP contribution >= 0.6 is 11.3 Å². The van der Waals surface area contributed by atoms with Crippen LogP contribution in [0.4, 0.5) is 11.4 Å². The molecule has 0 saturated carbocycles. The first-order chi connectivity index (χ1) is 11.7. The van der Waals surface area contributed by atoms with Gasteiger partial charge in [0.05, 0.1) is 11.4 Å². The van der Waals surface area contributed by atoms with E-state index < -0.39 is 0 Å². The summed E-state index contributed by atoms with van der Waals surface area (Å²) in [6.45, 7) is 0.459. The minimum atomic E-state index is -0.167. The molecule has 1 aromatic carbocycles. The van der Waals surface area contributed by atoms with Crippen molar-refractivity contribution in [1.82, 2.24) is 14.8 Å². The minimum Gasteiger partial charge on any atom is -0.326 e. The summed E-state index contributed by atoms with van der Waals surface area (Å²) in [4.78, 5) is 28.5. The van der Waals surface area contributed by atoms with Gasteiger partial charge >= 0.3 is 0 Å². The zero-order valence-electron chi connectivity index (χ0n) is 12.7. The molecule has 2 N–H and O–H groups in total. The van der Waals surface area contributed by atoms with Gasteiger partial charge in [0.15, 0.2) is 0 Å². The lowest BCUT2D eigenvalue weighted by atomic mass is 10.2. The van der Waals surface area contributed by atoms with E-state index in [4.69, 9.17) is 0 Å². The predicted molar refractivity (Wildman–Crippen MR) is 92.0 cm³/mol. The number of hydrogen-bond acceptors (Lipinski definition) is 5. The number of nitrogens with one attached hydrogen (secondary N) is 2. The quantitative estimate of drug-likeness (QED) is 0.721. The lowest BCUT2D eigenvalue weighted by molar-refractivity contribution is -0.116. The summed E-state index contributed by atoms with van der Waals surface area (Å²) in [5, 5.41) is 11.4. The van der Waals surface area contributed by atoms with Crippen LogP contribution in [0.3, 0.4) is 0 Å². The fourth-order valence-corrected chi connectivity index (χ4v) is 2.68. The van der Waals surface area contributed by atoms with Gasteiger partial charge < -0.3 is 10.6 Å². The third-order valence-electron chi connectivity index (χ3n) is 3.18. The van der Waals surface area contributed by atoms with Crippen molar-refractivity contribution in [1.29, 1.82) is 0 Å². The van der Waals surface area contributed by atoms with E-state index in [2.05, 4.69) is 20.7 Å². The summed E-state index contributed by atoms with van der Waals surface area (Å²) in [7, 11) is 0. The molecule has 2 aromatic heterocycles. The van der Waals surface area contributed by atoms with Crippen LogP contribution in [-0.4, -0.2) is 26.6 Å². The smallest absolute Gasteiger partial charge is 0.265 e. The molecule has 0 unspecified atom stereocenters. The SMILES string of the molecule is O=C(CCn1cncn1)Nc1cccc(NC(=O)c2cccs2)c1. The molecule has 122 valence electrons. The van der Waals surface area contributed by atoms with E-state index in [0.717, 1.165) is 0 Å². The summed E-state index contributed by atoms with van der Waals surface area (Å²) in [6.07, 6.45) is 3.28. The zero-order valence-corrected chi connectivity index (χ0v) is 13.5. The van der Waals surface area contributed by atoms with Crippen molar-refractivity contribution in [2.45, 2.75) is 13.0 Å². The molecule has 0 radical (unpaired) electrons. The summed E-state index contributed by atoms with van der Waals surface area (Å²) in [5.41, 5.74) is 1.25. The third-order valence-corrected chi connectivity index (χ3v) is 4.05. The van der Waals surface area contributed by atoms with E-state index in [1.54, 1.807) is 41.3 Å². The van der Waals surface area contributed by atoms with Crippen LogP contribution in [0.5, 0.6) is 0 Å². The van der Waals surface area contributed by atoms with Gasteiger partial charge in [-0.2, -0.15) is 5.10 Å². The fourth-order valence-electron chi connectivity index (χ4n) is 2.06. The highest BCUT2D eigenvalue weighted by atomic mass is 32.1. The molecule has 3 rings (SSSR count). The van der Waals surface area contributed by atoms with Gasteiger partial charge in [0.2, 0.25) is 5.91 Å². The van der Waals surface area contributed by atoms with E-state index in [1.165, 1.54) is 17.7 Å². The molecule has 3 aromatic rings. The van der Waals surface area contributed by atoms with Gasteiger partial charge in [0.1, 0.15) is 12.7 Å². The van der Waals surface area contributed by atoms with Crippen molar-refractivity contribution in [3.05, 3.63) is 59.3 Å². The maximum Gasteiger partial charge on any atom is 0.265 e. The van der Waals surface area contributed by atoms with E-state index in [0.29, 0.717) is 22.8 Å². The van der Waals surface area contributed by atoms with E-state index in [-0.39, 0.29) is 18.2 Å². The molecule has 0 aliphatic rings. The molecule has 0 saturated heterocycles. The molecule has 0 atom stereocenters. The second-order valence-electron chi connectivity index (χ2n) is 4.97. The Labute approximate surface area is 142 Å². The first kappa shape index (κ1) is 15.9. The number of benzene rings is 1. The second-order valence-corrected chi connectivity index (χ2v) is 5.92. The lowest BCUT2D eigenvalue weighted by Crippen LogP contribution is -2.15.